The van der Waals surface area contributed by atoms with Gasteiger partial charge in [-0.2, -0.15) is 12.6 Å². The fourth-order valence-corrected chi connectivity index (χ4v) is 3.51. The molecule has 1 atom stereocenters. The molecule has 0 saturated heterocycles. The smallest absolute Gasteiger partial charge is 0.309 e. The topological polar surface area (TPSA) is 46.5 Å². The summed E-state index contributed by atoms with van der Waals surface area (Å²) >= 11 is 9.00. The van der Waals surface area contributed by atoms with Gasteiger partial charge in [-0.05, 0) is 67.4 Å². The fraction of sp³-hybridized carbons (Fsp3) is 0.643. The van der Waals surface area contributed by atoms with Crippen LogP contribution >= 0.6 is 39.9 Å². The highest BCUT2D eigenvalue weighted by Gasteiger charge is 2.35. The summed E-state index contributed by atoms with van der Waals surface area (Å²) in [6.07, 6.45) is 1.19. The number of carbonyl (C=O) groups is 1. The van der Waals surface area contributed by atoms with Crippen LogP contribution in [0.2, 0.25) is 0 Å². The average molecular weight is 381 g/mol. The van der Waals surface area contributed by atoms with E-state index >= 15 is 0 Å². The van der Waals surface area contributed by atoms with Crippen LogP contribution in [0, 0.1) is 0 Å². The molecule has 0 radical (unpaired) electrons. The Kier molecular flexibility index (Phi) is 6.57. The Morgan fingerprint density at radius 3 is 2.55 bits per heavy atom. The predicted molar refractivity (Wildman–Crippen MR) is 89.5 cm³/mol. The second-order valence-electron chi connectivity index (χ2n) is 5.73. The molecule has 0 bridgehead atoms. The van der Waals surface area contributed by atoms with Gasteiger partial charge in [-0.25, -0.2) is 0 Å². The molecule has 1 rings (SSSR count). The van der Waals surface area contributed by atoms with Crippen molar-refractivity contribution in [3.8, 4) is 0 Å². The molecule has 1 aromatic rings. The molecule has 0 aliphatic rings. The number of ether oxygens (including phenoxy) is 1. The Morgan fingerprint density at radius 2 is 2.10 bits per heavy atom. The number of aliphatic hydroxyl groups is 1. The summed E-state index contributed by atoms with van der Waals surface area (Å²) in [5.74, 6) is 0.284. The number of thiophene rings is 1. The zero-order valence-corrected chi connectivity index (χ0v) is 15.3. The normalized spacial score (nSPS) is 14.9. The first-order valence-corrected chi connectivity index (χ1v) is 8.71. The second kappa shape index (κ2) is 7.29. The lowest BCUT2D eigenvalue weighted by Gasteiger charge is -2.28. The van der Waals surface area contributed by atoms with E-state index in [9.17, 15) is 9.90 Å². The number of hydrogen-bond acceptors (Lipinski definition) is 5. The van der Waals surface area contributed by atoms with Gasteiger partial charge in [0.1, 0.15) is 11.2 Å². The van der Waals surface area contributed by atoms with Crippen molar-refractivity contribution in [1.29, 1.82) is 0 Å². The molecular weight excluding hydrogens is 360 g/mol. The first-order chi connectivity index (χ1) is 9.16. The van der Waals surface area contributed by atoms with Crippen LogP contribution in [0.5, 0.6) is 0 Å². The molecule has 6 heteroatoms. The maximum Gasteiger partial charge on any atom is 0.309 e. The van der Waals surface area contributed by atoms with E-state index in [-0.39, 0.29) is 12.4 Å². The average Bonchev–Trinajstić information content (AvgIpc) is 2.71. The first kappa shape index (κ1) is 18.0. The number of esters is 1. The minimum atomic E-state index is -1.18. The van der Waals surface area contributed by atoms with Crippen LogP contribution in [0.4, 0.5) is 0 Å². The fourth-order valence-electron chi connectivity index (χ4n) is 1.85. The van der Waals surface area contributed by atoms with E-state index in [0.29, 0.717) is 12.2 Å². The van der Waals surface area contributed by atoms with Crippen LogP contribution in [0.15, 0.2) is 15.9 Å². The molecule has 0 aromatic carbocycles. The summed E-state index contributed by atoms with van der Waals surface area (Å²) in [5.41, 5.74) is -1.72. The van der Waals surface area contributed by atoms with Gasteiger partial charge in [0.25, 0.3) is 0 Å². The van der Waals surface area contributed by atoms with Crippen molar-refractivity contribution in [2.45, 2.75) is 51.2 Å². The van der Waals surface area contributed by atoms with E-state index in [4.69, 9.17) is 4.74 Å². The lowest BCUT2D eigenvalue weighted by atomic mass is 9.92. The second-order valence-corrected chi connectivity index (χ2v) is 8.64. The number of carbonyl (C=O) groups excluding carboxylic acids is 1. The molecule has 1 N–H and O–H groups in total. The van der Waals surface area contributed by atoms with Gasteiger partial charge in [0, 0.05) is 4.88 Å². The van der Waals surface area contributed by atoms with E-state index in [0.717, 1.165) is 15.1 Å². The zero-order valence-electron chi connectivity index (χ0n) is 12.0. The maximum atomic E-state index is 12.0. The van der Waals surface area contributed by atoms with Gasteiger partial charge in [0.2, 0.25) is 0 Å². The van der Waals surface area contributed by atoms with Crippen molar-refractivity contribution < 1.29 is 14.6 Å². The molecule has 1 unspecified atom stereocenters. The molecule has 0 fully saturated rings. The number of hydrogen-bond donors (Lipinski definition) is 2. The van der Waals surface area contributed by atoms with Gasteiger partial charge >= 0.3 is 5.97 Å². The molecule has 0 aliphatic heterocycles. The molecule has 1 aromatic heterocycles. The molecule has 0 spiro atoms. The van der Waals surface area contributed by atoms with Crippen molar-refractivity contribution in [2.75, 3.05) is 5.75 Å². The molecule has 0 saturated carbocycles. The minimum absolute atomic E-state index is 0.0367. The largest absolute Gasteiger partial charge is 0.460 e. The number of halogens is 1. The Hall–Kier alpha value is -0.0400. The van der Waals surface area contributed by atoms with Crippen molar-refractivity contribution in [3.63, 3.8) is 0 Å². The summed E-state index contributed by atoms with van der Waals surface area (Å²) in [4.78, 5) is 12.8. The van der Waals surface area contributed by atoms with Crippen LogP contribution in [-0.2, 0) is 15.1 Å². The standard InChI is InChI=1S/C14H21BrO3S2/c1-13(2,3)18-12(16)9-14(17,7-4-8-19)10-5-6-11(15)20-10/h5-6,17,19H,4,7-9H2,1-3H3. The molecule has 1 heterocycles. The van der Waals surface area contributed by atoms with E-state index in [1.165, 1.54) is 11.3 Å². The summed E-state index contributed by atoms with van der Waals surface area (Å²) in [6, 6.07) is 3.72. The SMILES string of the molecule is CC(C)(C)OC(=O)CC(O)(CCCS)c1ccc(Br)s1. The van der Waals surface area contributed by atoms with Crippen molar-refractivity contribution in [2.24, 2.45) is 0 Å². The van der Waals surface area contributed by atoms with Gasteiger partial charge in [-0.3, -0.25) is 4.79 Å². The highest BCUT2D eigenvalue weighted by molar-refractivity contribution is 9.11. The van der Waals surface area contributed by atoms with E-state index in [2.05, 4.69) is 28.6 Å². The summed E-state index contributed by atoms with van der Waals surface area (Å²) in [6.45, 7) is 5.46. The quantitative estimate of drug-likeness (QED) is 0.575. The lowest BCUT2D eigenvalue weighted by Crippen LogP contribution is -2.32. The van der Waals surface area contributed by atoms with Crippen LogP contribution in [0.25, 0.3) is 0 Å². The van der Waals surface area contributed by atoms with E-state index in [1.807, 2.05) is 32.9 Å². The van der Waals surface area contributed by atoms with Crippen LogP contribution in [0.1, 0.15) is 44.9 Å². The summed E-state index contributed by atoms with van der Waals surface area (Å²) in [5, 5.41) is 10.8. The van der Waals surface area contributed by atoms with Gasteiger partial charge in [0.05, 0.1) is 10.2 Å². The molecule has 0 aliphatic carbocycles. The lowest BCUT2D eigenvalue weighted by molar-refractivity contribution is -0.161. The van der Waals surface area contributed by atoms with Crippen LogP contribution in [0.3, 0.4) is 0 Å². The Labute approximate surface area is 138 Å². The van der Waals surface area contributed by atoms with Crippen molar-refractivity contribution in [1.82, 2.24) is 0 Å². The highest BCUT2D eigenvalue weighted by Crippen LogP contribution is 2.37. The minimum Gasteiger partial charge on any atom is -0.460 e. The monoisotopic (exact) mass is 380 g/mol. The predicted octanol–water partition coefficient (Wildman–Crippen LogP) is 4.14. The van der Waals surface area contributed by atoms with Crippen LogP contribution < -0.4 is 0 Å². The number of rotatable bonds is 6. The van der Waals surface area contributed by atoms with Gasteiger partial charge in [-0.1, -0.05) is 0 Å². The van der Waals surface area contributed by atoms with E-state index < -0.39 is 11.2 Å². The molecule has 20 heavy (non-hydrogen) atoms. The van der Waals surface area contributed by atoms with Crippen molar-refractivity contribution in [3.05, 3.63) is 20.8 Å². The Balaban J connectivity index is 2.86. The molecule has 0 amide bonds. The number of thiol groups is 1. The zero-order chi connectivity index (χ0) is 15.4. The third-order valence-corrected chi connectivity index (χ3v) is 4.77. The maximum absolute atomic E-state index is 12.0. The molecule has 114 valence electrons. The third kappa shape index (κ3) is 5.76. The first-order valence-electron chi connectivity index (χ1n) is 6.47. The summed E-state index contributed by atoms with van der Waals surface area (Å²) in [7, 11) is 0. The van der Waals surface area contributed by atoms with Gasteiger partial charge in [-0.15, -0.1) is 11.3 Å². The van der Waals surface area contributed by atoms with Gasteiger partial charge in [0.15, 0.2) is 0 Å². The Bertz CT molecular complexity index is 454. The molecule has 3 nitrogen and oxygen atoms in total. The van der Waals surface area contributed by atoms with Crippen molar-refractivity contribution >= 4 is 45.9 Å². The highest BCUT2D eigenvalue weighted by atomic mass is 79.9. The third-order valence-electron chi connectivity index (χ3n) is 2.64. The van der Waals surface area contributed by atoms with Gasteiger partial charge < -0.3 is 9.84 Å². The molecular formula is C14H21BrO3S2. The Morgan fingerprint density at radius 1 is 1.45 bits per heavy atom. The van der Waals surface area contributed by atoms with Crippen LogP contribution in [-0.4, -0.2) is 22.4 Å². The van der Waals surface area contributed by atoms with E-state index in [1.54, 1.807) is 0 Å². The summed E-state index contributed by atoms with van der Waals surface area (Å²) < 4.78 is 6.25.